The first kappa shape index (κ1) is 14.2. The molecule has 0 radical (unpaired) electrons. The third-order valence-electron chi connectivity index (χ3n) is 3.39. The van der Waals surface area contributed by atoms with E-state index in [0.717, 1.165) is 0 Å². The largest absolute Gasteiger partial charge is 0.481 e. The topological polar surface area (TPSA) is 95.4 Å². The second-order valence-electron chi connectivity index (χ2n) is 4.74. The maximum atomic E-state index is 11.6. The van der Waals surface area contributed by atoms with Crippen LogP contribution < -0.4 is 10.2 Å². The molecule has 0 atom stereocenters. The summed E-state index contributed by atoms with van der Waals surface area (Å²) in [7, 11) is 0. The van der Waals surface area contributed by atoms with Crippen LogP contribution >= 0.6 is 0 Å². The predicted molar refractivity (Wildman–Crippen MR) is 72.6 cm³/mol. The molecule has 2 N–H and O–H groups in total. The molecule has 0 spiro atoms. The molecule has 0 unspecified atom stereocenters. The summed E-state index contributed by atoms with van der Waals surface area (Å²) in [6.07, 6.45) is 1.21. The highest BCUT2D eigenvalue weighted by atomic mass is 16.4. The Labute approximate surface area is 117 Å². The quantitative estimate of drug-likeness (QED) is 0.834. The van der Waals surface area contributed by atoms with E-state index in [2.05, 4.69) is 15.5 Å². The highest BCUT2D eigenvalue weighted by Gasteiger charge is 2.25. The number of anilines is 1. The van der Waals surface area contributed by atoms with Crippen molar-refractivity contribution in [3.05, 3.63) is 17.8 Å². The number of aliphatic carboxylic acids is 1. The second kappa shape index (κ2) is 6.31. The van der Waals surface area contributed by atoms with E-state index in [1.807, 2.05) is 11.8 Å². The van der Waals surface area contributed by atoms with E-state index in [-0.39, 0.29) is 17.5 Å². The van der Waals surface area contributed by atoms with Crippen molar-refractivity contribution in [2.24, 2.45) is 5.92 Å². The number of carboxylic acids is 1. The van der Waals surface area contributed by atoms with Crippen molar-refractivity contribution in [1.29, 1.82) is 0 Å². The van der Waals surface area contributed by atoms with Crippen molar-refractivity contribution < 1.29 is 14.7 Å². The fraction of sp³-hybridized carbons (Fsp3) is 0.538. The summed E-state index contributed by atoms with van der Waals surface area (Å²) in [6, 6.07) is 3.38. The minimum atomic E-state index is -0.734. The standard InChI is InChI=1S/C13H18N4O3/c1-2-14-12(18)10-3-4-11(16-15-10)17-7-5-9(6-8-17)13(19)20/h3-4,9H,2,5-8H2,1H3,(H,14,18)(H,19,20). The van der Waals surface area contributed by atoms with Crippen molar-refractivity contribution in [1.82, 2.24) is 15.5 Å². The summed E-state index contributed by atoms with van der Waals surface area (Å²) in [6.45, 7) is 3.68. The summed E-state index contributed by atoms with van der Waals surface area (Å²) in [5, 5.41) is 19.6. The summed E-state index contributed by atoms with van der Waals surface area (Å²) in [5.41, 5.74) is 0.288. The Balaban J connectivity index is 1.97. The lowest BCUT2D eigenvalue weighted by atomic mass is 9.97. The van der Waals surface area contributed by atoms with E-state index < -0.39 is 5.97 Å². The van der Waals surface area contributed by atoms with E-state index in [9.17, 15) is 9.59 Å². The summed E-state index contributed by atoms with van der Waals surface area (Å²) in [5.74, 6) is -0.561. The number of carbonyl (C=O) groups is 2. The van der Waals surface area contributed by atoms with Crippen LogP contribution in [-0.4, -0.2) is 46.8 Å². The average molecular weight is 278 g/mol. The maximum Gasteiger partial charge on any atom is 0.306 e. The van der Waals surface area contributed by atoms with Gasteiger partial charge in [0.05, 0.1) is 5.92 Å². The van der Waals surface area contributed by atoms with Crippen LogP contribution in [0.5, 0.6) is 0 Å². The number of rotatable bonds is 4. The Morgan fingerprint density at radius 3 is 2.55 bits per heavy atom. The van der Waals surface area contributed by atoms with Crippen LogP contribution in [0.3, 0.4) is 0 Å². The molecule has 7 heteroatoms. The van der Waals surface area contributed by atoms with Gasteiger partial charge in [-0.25, -0.2) is 0 Å². The van der Waals surface area contributed by atoms with Gasteiger partial charge in [-0.3, -0.25) is 9.59 Å². The summed E-state index contributed by atoms with van der Waals surface area (Å²) < 4.78 is 0. The van der Waals surface area contributed by atoms with Gasteiger partial charge in [0, 0.05) is 19.6 Å². The lowest BCUT2D eigenvalue weighted by molar-refractivity contribution is -0.142. The highest BCUT2D eigenvalue weighted by molar-refractivity contribution is 5.92. The zero-order chi connectivity index (χ0) is 14.5. The Morgan fingerprint density at radius 1 is 1.35 bits per heavy atom. The molecule has 2 rings (SSSR count). The first-order chi connectivity index (χ1) is 9.61. The SMILES string of the molecule is CCNC(=O)c1ccc(N2CCC(C(=O)O)CC2)nn1. The number of piperidine rings is 1. The van der Waals surface area contributed by atoms with E-state index in [1.54, 1.807) is 12.1 Å². The van der Waals surface area contributed by atoms with Gasteiger partial charge < -0.3 is 15.3 Å². The van der Waals surface area contributed by atoms with E-state index in [4.69, 9.17) is 5.11 Å². The van der Waals surface area contributed by atoms with Gasteiger partial charge >= 0.3 is 5.97 Å². The average Bonchev–Trinajstić information content (AvgIpc) is 2.48. The molecule has 1 aliphatic heterocycles. The molecule has 1 saturated heterocycles. The van der Waals surface area contributed by atoms with Crippen LogP contribution in [0.15, 0.2) is 12.1 Å². The normalized spacial score (nSPS) is 15.9. The van der Waals surface area contributed by atoms with Gasteiger partial charge in [0.15, 0.2) is 11.5 Å². The van der Waals surface area contributed by atoms with E-state index in [1.165, 1.54) is 0 Å². The number of nitrogens with zero attached hydrogens (tertiary/aromatic N) is 3. The minimum Gasteiger partial charge on any atom is -0.481 e. The Hall–Kier alpha value is -2.18. The first-order valence-corrected chi connectivity index (χ1v) is 6.71. The molecule has 0 aromatic carbocycles. The molecule has 1 aromatic rings. The van der Waals surface area contributed by atoms with Crippen LogP contribution in [-0.2, 0) is 4.79 Å². The fourth-order valence-electron chi connectivity index (χ4n) is 2.22. The van der Waals surface area contributed by atoms with E-state index in [0.29, 0.717) is 38.3 Å². The first-order valence-electron chi connectivity index (χ1n) is 6.71. The number of carbonyl (C=O) groups excluding carboxylic acids is 1. The number of amides is 1. The van der Waals surface area contributed by atoms with Crippen LogP contribution in [0, 0.1) is 5.92 Å². The molecule has 1 amide bonds. The Kier molecular flexibility index (Phi) is 4.49. The third kappa shape index (κ3) is 3.23. The van der Waals surface area contributed by atoms with Gasteiger partial charge in [-0.2, -0.15) is 0 Å². The molecule has 20 heavy (non-hydrogen) atoms. The number of carboxylic acid groups (broad SMARTS) is 1. The van der Waals surface area contributed by atoms with Crippen LogP contribution in [0.25, 0.3) is 0 Å². The summed E-state index contributed by atoms with van der Waals surface area (Å²) in [4.78, 5) is 24.4. The van der Waals surface area contributed by atoms with Gasteiger partial charge in [0.1, 0.15) is 0 Å². The van der Waals surface area contributed by atoms with Crippen molar-refractivity contribution >= 4 is 17.7 Å². The number of hydrogen-bond acceptors (Lipinski definition) is 5. The monoisotopic (exact) mass is 278 g/mol. The van der Waals surface area contributed by atoms with Crippen LogP contribution in [0.4, 0.5) is 5.82 Å². The molecule has 7 nitrogen and oxygen atoms in total. The smallest absolute Gasteiger partial charge is 0.306 e. The Morgan fingerprint density at radius 2 is 2.05 bits per heavy atom. The molecular formula is C13H18N4O3. The van der Waals surface area contributed by atoms with Gasteiger partial charge in [-0.1, -0.05) is 0 Å². The van der Waals surface area contributed by atoms with Crippen molar-refractivity contribution in [2.75, 3.05) is 24.5 Å². The molecule has 1 aromatic heterocycles. The number of aromatic nitrogens is 2. The fourth-order valence-corrected chi connectivity index (χ4v) is 2.22. The van der Waals surface area contributed by atoms with Crippen LogP contribution in [0.1, 0.15) is 30.3 Å². The van der Waals surface area contributed by atoms with Gasteiger partial charge in [0.2, 0.25) is 0 Å². The summed E-state index contributed by atoms with van der Waals surface area (Å²) >= 11 is 0. The molecule has 1 fully saturated rings. The second-order valence-corrected chi connectivity index (χ2v) is 4.74. The van der Waals surface area contributed by atoms with Crippen molar-refractivity contribution in [2.45, 2.75) is 19.8 Å². The zero-order valence-corrected chi connectivity index (χ0v) is 11.4. The molecule has 0 saturated carbocycles. The predicted octanol–water partition coefficient (Wildman–Crippen LogP) is 0.527. The maximum absolute atomic E-state index is 11.6. The number of hydrogen-bond donors (Lipinski definition) is 2. The third-order valence-corrected chi connectivity index (χ3v) is 3.39. The molecule has 2 heterocycles. The van der Waals surface area contributed by atoms with E-state index >= 15 is 0 Å². The minimum absolute atomic E-state index is 0.240. The molecule has 1 aliphatic rings. The molecular weight excluding hydrogens is 260 g/mol. The van der Waals surface area contributed by atoms with Gasteiger partial charge in [-0.05, 0) is 31.9 Å². The van der Waals surface area contributed by atoms with Gasteiger partial charge in [0.25, 0.3) is 5.91 Å². The zero-order valence-electron chi connectivity index (χ0n) is 11.4. The Bertz CT molecular complexity index is 481. The number of nitrogens with one attached hydrogen (secondary N) is 1. The molecule has 0 bridgehead atoms. The lowest BCUT2D eigenvalue weighted by Crippen LogP contribution is -2.37. The van der Waals surface area contributed by atoms with Gasteiger partial charge in [-0.15, -0.1) is 10.2 Å². The lowest BCUT2D eigenvalue weighted by Gasteiger charge is -2.30. The van der Waals surface area contributed by atoms with Crippen molar-refractivity contribution in [3.63, 3.8) is 0 Å². The highest BCUT2D eigenvalue weighted by Crippen LogP contribution is 2.21. The molecule has 108 valence electrons. The molecule has 0 aliphatic carbocycles. The van der Waals surface area contributed by atoms with Crippen molar-refractivity contribution in [3.8, 4) is 0 Å². The van der Waals surface area contributed by atoms with Crippen LogP contribution in [0.2, 0.25) is 0 Å².